The first kappa shape index (κ1) is 16.4. The number of pyridine rings is 1. The van der Waals surface area contributed by atoms with Gasteiger partial charge in [-0.3, -0.25) is 4.98 Å². The maximum absolute atomic E-state index is 12.9. The number of benzene rings is 1. The van der Waals surface area contributed by atoms with Crippen molar-refractivity contribution in [1.82, 2.24) is 4.98 Å². The third kappa shape index (κ3) is 2.94. The molecule has 0 fully saturated rings. The summed E-state index contributed by atoms with van der Waals surface area (Å²) in [4.78, 5) is 15.8. The maximum Gasteiger partial charge on any atom is 0.417 e. The Balaban J connectivity index is 2.70. The summed E-state index contributed by atoms with van der Waals surface area (Å²) in [6.07, 6.45) is -3.40. The first-order valence-electron chi connectivity index (χ1n) is 6.34. The summed E-state index contributed by atoms with van der Waals surface area (Å²) < 4.78 is 43.5. The van der Waals surface area contributed by atoms with Gasteiger partial charge in [-0.1, -0.05) is 11.6 Å². The second-order valence-corrected chi connectivity index (χ2v) is 4.77. The number of alkyl halides is 3. The number of ether oxygens (including phenoxy) is 1. The predicted octanol–water partition coefficient (Wildman–Crippen LogP) is 4.13. The van der Waals surface area contributed by atoms with Crippen molar-refractivity contribution in [2.45, 2.75) is 13.1 Å². The number of halogens is 4. The molecule has 0 amide bonds. The first-order valence-corrected chi connectivity index (χ1v) is 6.71. The van der Waals surface area contributed by atoms with Gasteiger partial charge in [0.1, 0.15) is 5.56 Å². The van der Waals surface area contributed by atoms with Crippen molar-refractivity contribution in [2.24, 2.45) is 0 Å². The molecule has 2 rings (SSSR count). The number of nitrogens with zero attached hydrogens (tertiary/aromatic N) is 1. The lowest BCUT2D eigenvalue weighted by Gasteiger charge is -2.14. The Morgan fingerprint density at radius 2 is 2.09 bits per heavy atom. The number of anilines is 1. The number of nitrogens with one attached hydrogen (secondary N) is 1. The molecule has 0 saturated heterocycles. The molecule has 0 aliphatic heterocycles. The van der Waals surface area contributed by atoms with Crippen LogP contribution in [0.5, 0.6) is 0 Å². The Labute approximate surface area is 129 Å². The zero-order valence-corrected chi connectivity index (χ0v) is 12.5. The zero-order valence-electron chi connectivity index (χ0n) is 11.7. The van der Waals surface area contributed by atoms with Crippen molar-refractivity contribution in [1.29, 1.82) is 0 Å². The number of rotatable bonds is 3. The van der Waals surface area contributed by atoms with Crippen LogP contribution in [0.3, 0.4) is 0 Å². The quantitative estimate of drug-likeness (QED) is 0.859. The van der Waals surface area contributed by atoms with Gasteiger partial charge in [-0.25, -0.2) is 4.79 Å². The molecule has 1 N–H and O–H groups in total. The molecule has 0 saturated carbocycles. The molecule has 1 aromatic heterocycles. The van der Waals surface area contributed by atoms with Crippen LogP contribution in [-0.4, -0.2) is 24.6 Å². The van der Waals surface area contributed by atoms with E-state index in [9.17, 15) is 18.0 Å². The van der Waals surface area contributed by atoms with E-state index in [1.807, 2.05) is 0 Å². The highest BCUT2D eigenvalue weighted by atomic mass is 35.5. The van der Waals surface area contributed by atoms with Crippen molar-refractivity contribution in [3.8, 4) is 0 Å². The van der Waals surface area contributed by atoms with E-state index in [1.54, 1.807) is 14.0 Å². The summed E-state index contributed by atoms with van der Waals surface area (Å²) in [7, 11) is 1.54. The van der Waals surface area contributed by atoms with Crippen LogP contribution in [0.1, 0.15) is 22.8 Å². The molecule has 0 bridgehead atoms. The highest BCUT2D eigenvalue weighted by Gasteiger charge is 2.34. The average Bonchev–Trinajstić information content (AvgIpc) is 2.44. The second kappa shape index (κ2) is 6.00. The van der Waals surface area contributed by atoms with Crippen LogP contribution in [0.25, 0.3) is 10.9 Å². The number of hydrogen-bond donors (Lipinski definition) is 1. The van der Waals surface area contributed by atoms with Gasteiger partial charge in [0.05, 0.1) is 28.4 Å². The lowest BCUT2D eigenvalue weighted by Crippen LogP contribution is -2.10. The smallest absolute Gasteiger partial charge is 0.417 e. The van der Waals surface area contributed by atoms with Crippen molar-refractivity contribution in [2.75, 3.05) is 19.0 Å². The summed E-state index contributed by atoms with van der Waals surface area (Å²) in [5.74, 6) is -0.614. The molecule has 2 aromatic rings. The third-order valence-corrected chi connectivity index (χ3v) is 3.32. The van der Waals surface area contributed by atoms with Crippen molar-refractivity contribution >= 4 is 34.2 Å². The van der Waals surface area contributed by atoms with Crippen molar-refractivity contribution < 1.29 is 22.7 Å². The van der Waals surface area contributed by atoms with Gasteiger partial charge in [0.2, 0.25) is 0 Å². The highest BCUT2D eigenvalue weighted by Crippen LogP contribution is 2.38. The minimum Gasteiger partial charge on any atom is -0.462 e. The molecule has 118 valence electrons. The van der Waals surface area contributed by atoms with E-state index in [1.165, 1.54) is 6.20 Å². The Hall–Kier alpha value is -2.02. The van der Waals surface area contributed by atoms with Gasteiger partial charge in [0, 0.05) is 18.6 Å². The van der Waals surface area contributed by atoms with Gasteiger partial charge in [-0.2, -0.15) is 13.2 Å². The van der Waals surface area contributed by atoms with Gasteiger partial charge in [0.15, 0.2) is 0 Å². The van der Waals surface area contributed by atoms with Crippen LogP contribution in [0.2, 0.25) is 5.02 Å². The Bertz CT molecular complexity index is 732. The van der Waals surface area contributed by atoms with Crippen molar-refractivity contribution in [3.05, 3.63) is 34.5 Å². The van der Waals surface area contributed by atoms with E-state index < -0.39 is 22.7 Å². The molecule has 0 aliphatic rings. The molecule has 8 heteroatoms. The summed E-state index contributed by atoms with van der Waals surface area (Å²) >= 11 is 5.72. The lowest BCUT2D eigenvalue weighted by molar-refractivity contribution is -0.137. The van der Waals surface area contributed by atoms with Gasteiger partial charge in [0.25, 0.3) is 0 Å². The summed E-state index contributed by atoms with van der Waals surface area (Å²) in [6.45, 7) is 1.83. The lowest BCUT2D eigenvalue weighted by atomic mass is 10.1. The molecule has 0 unspecified atom stereocenters. The van der Waals surface area contributed by atoms with E-state index in [0.717, 1.165) is 12.1 Å². The van der Waals surface area contributed by atoms with E-state index in [-0.39, 0.29) is 17.7 Å². The Morgan fingerprint density at radius 3 is 2.64 bits per heavy atom. The largest absolute Gasteiger partial charge is 0.462 e. The molecule has 1 heterocycles. The predicted molar refractivity (Wildman–Crippen MR) is 77.3 cm³/mol. The molecule has 1 aromatic carbocycles. The second-order valence-electron chi connectivity index (χ2n) is 4.36. The van der Waals surface area contributed by atoms with Gasteiger partial charge >= 0.3 is 12.1 Å². The third-order valence-electron chi connectivity index (χ3n) is 3.01. The number of carbonyl (C=O) groups excluding carboxylic acids is 1. The molecule has 22 heavy (non-hydrogen) atoms. The molecule has 0 aliphatic carbocycles. The average molecular weight is 333 g/mol. The SMILES string of the molecule is CCOC(=O)c1cnc2cc(C(F)(F)F)c(Cl)cc2c1NC. The molecule has 4 nitrogen and oxygen atoms in total. The number of esters is 1. The first-order chi connectivity index (χ1) is 10.3. The van der Waals surface area contributed by atoms with Crippen LogP contribution in [-0.2, 0) is 10.9 Å². The van der Waals surface area contributed by atoms with Crippen LogP contribution in [0, 0.1) is 0 Å². The van der Waals surface area contributed by atoms with E-state index in [0.29, 0.717) is 11.1 Å². The van der Waals surface area contributed by atoms with E-state index in [4.69, 9.17) is 16.3 Å². The number of carbonyl (C=O) groups is 1. The zero-order chi connectivity index (χ0) is 16.5. The fourth-order valence-corrected chi connectivity index (χ4v) is 2.33. The summed E-state index contributed by atoms with van der Waals surface area (Å²) in [5.41, 5.74) is -0.444. The standard InChI is InChI=1S/C14H12ClF3N2O2/c1-3-22-13(21)8-6-20-11-5-9(14(16,17)18)10(15)4-7(11)12(8)19-2/h4-6H,3H2,1-2H3,(H,19,20). The Kier molecular flexibility index (Phi) is 4.46. The fraction of sp³-hybridized carbons (Fsp3) is 0.286. The van der Waals surface area contributed by atoms with Gasteiger partial charge in [-0.05, 0) is 19.1 Å². The molecular weight excluding hydrogens is 321 g/mol. The van der Waals surface area contributed by atoms with Crippen molar-refractivity contribution in [3.63, 3.8) is 0 Å². The fourth-order valence-electron chi connectivity index (χ4n) is 2.06. The van der Waals surface area contributed by atoms with Gasteiger partial charge in [-0.15, -0.1) is 0 Å². The topological polar surface area (TPSA) is 51.2 Å². The van der Waals surface area contributed by atoms with E-state index >= 15 is 0 Å². The molecular formula is C14H12ClF3N2O2. The molecule has 0 atom stereocenters. The van der Waals surface area contributed by atoms with E-state index in [2.05, 4.69) is 10.3 Å². The number of fused-ring (bicyclic) bond motifs is 1. The van der Waals surface area contributed by atoms with Crippen LogP contribution in [0.4, 0.5) is 18.9 Å². The minimum absolute atomic E-state index is 0.0779. The molecule has 0 radical (unpaired) electrons. The number of aromatic nitrogens is 1. The normalized spacial score (nSPS) is 11.5. The Morgan fingerprint density at radius 1 is 1.41 bits per heavy atom. The monoisotopic (exact) mass is 332 g/mol. The van der Waals surface area contributed by atoms with Crippen LogP contribution in [0.15, 0.2) is 18.3 Å². The highest BCUT2D eigenvalue weighted by molar-refractivity contribution is 6.32. The number of hydrogen-bond acceptors (Lipinski definition) is 4. The van der Waals surface area contributed by atoms with Crippen LogP contribution >= 0.6 is 11.6 Å². The maximum atomic E-state index is 12.9. The van der Waals surface area contributed by atoms with Gasteiger partial charge < -0.3 is 10.1 Å². The summed E-state index contributed by atoms with van der Waals surface area (Å²) in [5, 5.41) is 2.63. The molecule has 0 spiro atoms. The van der Waals surface area contributed by atoms with Crippen LogP contribution < -0.4 is 5.32 Å². The summed E-state index contributed by atoms with van der Waals surface area (Å²) in [6, 6.07) is 1.99. The minimum atomic E-state index is -4.58.